The zero-order chi connectivity index (χ0) is 14.5. The van der Waals surface area contributed by atoms with Crippen LogP contribution in [0.3, 0.4) is 0 Å². The number of aromatic nitrogens is 2. The molecule has 1 atom stereocenters. The molecule has 2 aromatic rings. The van der Waals surface area contributed by atoms with E-state index in [4.69, 9.17) is 9.47 Å². The lowest BCUT2D eigenvalue weighted by Crippen LogP contribution is -2.24. The number of nitrogens with zero attached hydrogens (tertiary/aromatic N) is 2. The van der Waals surface area contributed by atoms with Crippen LogP contribution in [0.25, 0.3) is 0 Å². The second-order valence-corrected chi connectivity index (χ2v) is 4.48. The molecular formula is C15H21N3O2. The first-order valence-corrected chi connectivity index (χ1v) is 6.64. The molecule has 1 aromatic heterocycles. The fraction of sp³-hybridized carbons (Fsp3) is 0.400. The molecular weight excluding hydrogens is 254 g/mol. The van der Waals surface area contributed by atoms with Gasteiger partial charge in [-0.05, 0) is 30.3 Å². The van der Waals surface area contributed by atoms with Crippen molar-refractivity contribution in [3.63, 3.8) is 0 Å². The molecule has 0 radical (unpaired) electrons. The maximum absolute atomic E-state index is 5.38. The van der Waals surface area contributed by atoms with Gasteiger partial charge in [0.2, 0.25) is 0 Å². The van der Waals surface area contributed by atoms with Crippen LogP contribution in [0.5, 0.6) is 11.5 Å². The van der Waals surface area contributed by atoms with Crippen LogP contribution < -0.4 is 14.8 Å². The van der Waals surface area contributed by atoms with E-state index in [2.05, 4.69) is 17.3 Å². The summed E-state index contributed by atoms with van der Waals surface area (Å²) in [6, 6.07) is 8.06. The topological polar surface area (TPSA) is 48.3 Å². The fourth-order valence-electron chi connectivity index (χ4n) is 2.30. The molecule has 0 bridgehead atoms. The lowest BCUT2D eigenvalue weighted by molar-refractivity contribution is 0.354. The first-order valence-electron chi connectivity index (χ1n) is 6.64. The Morgan fingerprint density at radius 2 is 1.95 bits per heavy atom. The highest BCUT2D eigenvalue weighted by atomic mass is 16.5. The summed E-state index contributed by atoms with van der Waals surface area (Å²) in [7, 11) is 5.23. The SMILES string of the molecule is CCNC(c1ccc(OC)c(OC)c1)c1ccnn1C. The molecule has 0 aliphatic heterocycles. The fourth-order valence-corrected chi connectivity index (χ4v) is 2.30. The van der Waals surface area contributed by atoms with Crippen molar-refractivity contribution < 1.29 is 9.47 Å². The number of methoxy groups -OCH3 is 2. The number of nitrogens with one attached hydrogen (secondary N) is 1. The molecule has 1 aromatic carbocycles. The van der Waals surface area contributed by atoms with E-state index in [0.29, 0.717) is 0 Å². The van der Waals surface area contributed by atoms with Crippen LogP contribution in [0.4, 0.5) is 0 Å². The zero-order valence-corrected chi connectivity index (χ0v) is 12.4. The molecule has 0 spiro atoms. The standard InChI is InChI=1S/C15H21N3O2/c1-5-16-15(12-8-9-17-18(12)2)11-6-7-13(19-3)14(10-11)20-4/h6-10,15-16H,5H2,1-4H3. The zero-order valence-electron chi connectivity index (χ0n) is 12.4. The van der Waals surface area contributed by atoms with Crippen LogP contribution in [0.2, 0.25) is 0 Å². The van der Waals surface area contributed by atoms with E-state index in [1.807, 2.05) is 36.0 Å². The van der Waals surface area contributed by atoms with Crippen molar-refractivity contribution in [2.24, 2.45) is 7.05 Å². The van der Waals surface area contributed by atoms with E-state index < -0.39 is 0 Å². The Hall–Kier alpha value is -2.01. The third-order valence-electron chi connectivity index (χ3n) is 3.30. The second kappa shape index (κ2) is 6.43. The molecule has 108 valence electrons. The first-order chi connectivity index (χ1) is 9.71. The Morgan fingerprint density at radius 1 is 1.20 bits per heavy atom. The van der Waals surface area contributed by atoms with E-state index >= 15 is 0 Å². The molecule has 0 aliphatic rings. The maximum Gasteiger partial charge on any atom is 0.161 e. The van der Waals surface area contributed by atoms with Crippen molar-refractivity contribution in [2.45, 2.75) is 13.0 Å². The van der Waals surface area contributed by atoms with Crippen LogP contribution in [0, 0.1) is 0 Å². The third-order valence-corrected chi connectivity index (χ3v) is 3.30. The Kier molecular flexibility index (Phi) is 4.63. The predicted octanol–water partition coefficient (Wildman–Crippen LogP) is 2.14. The van der Waals surface area contributed by atoms with E-state index in [9.17, 15) is 0 Å². The lowest BCUT2D eigenvalue weighted by atomic mass is 10.0. The smallest absolute Gasteiger partial charge is 0.161 e. The minimum atomic E-state index is 0.0762. The van der Waals surface area contributed by atoms with Gasteiger partial charge in [-0.1, -0.05) is 13.0 Å². The van der Waals surface area contributed by atoms with Crippen LogP contribution in [-0.2, 0) is 7.05 Å². The van der Waals surface area contributed by atoms with E-state index in [1.165, 1.54) is 0 Å². The molecule has 0 saturated carbocycles. The molecule has 5 heteroatoms. The highest BCUT2D eigenvalue weighted by Crippen LogP contribution is 2.32. The summed E-state index contributed by atoms with van der Waals surface area (Å²) in [6.07, 6.45) is 1.81. The molecule has 0 fully saturated rings. The summed E-state index contributed by atoms with van der Waals surface area (Å²) >= 11 is 0. The van der Waals surface area contributed by atoms with Crippen LogP contribution in [-0.4, -0.2) is 30.5 Å². The van der Waals surface area contributed by atoms with Crippen molar-refractivity contribution in [3.8, 4) is 11.5 Å². The molecule has 0 amide bonds. The van der Waals surface area contributed by atoms with Gasteiger partial charge >= 0.3 is 0 Å². The largest absolute Gasteiger partial charge is 0.493 e. The van der Waals surface area contributed by atoms with E-state index in [1.54, 1.807) is 20.4 Å². The third kappa shape index (κ3) is 2.77. The number of benzene rings is 1. The summed E-state index contributed by atoms with van der Waals surface area (Å²) in [6.45, 7) is 2.95. The van der Waals surface area contributed by atoms with Gasteiger partial charge in [-0.15, -0.1) is 0 Å². The monoisotopic (exact) mass is 275 g/mol. The van der Waals surface area contributed by atoms with Crippen molar-refractivity contribution in [1.82, 2.24) is 15.1 Å². The van der Waals surface area contributed by atoms with Gasteiger partial charge in [-0.25, -0.2) is 0 Å². The van der Waals surface area contributed by atoms with Crippen molar-refractivity contribution >= 4 is 0 Å². The average Bonchev–Trinajstić information content (AvgIpc) is 2.90. The minimum absolute atomic E-state index is 0.0762. The average molecular weight is 275 g/mol. The Morgan fingerprint density at radius 3 is 2.50 bits per heavy atom. The van der Waals surface area contributed by atoms with Gasteiger partial charge in [-0.2, -0.15) is 5.10 Å². The number of hydrogen-bond acceptors (Lipinski definition) is 4. The molecule has 1 heterocycles. The van der Waals surface area contributed by atoms with Gasteiger partial charge in [0.05, 0.1) is 26.0 Å². The maximum atomic E-state index is 5.38. The van der Waals surface area contributed by atoms with Gasteiger partial charge in [0.15, 0.2) is 11.5 Å². The number of aryl methyl sites for hydroxylation is 1. The Labute approximate surface area is 119 Å². The summed E-state index contributed by atoms with van der Waals surface area (Å²) in [5.41, 5.74) is 2.23. The van der Waals surface area contributed by atoms with E-state index in [0.717, 1.165) is 29.3 Å². The van der Waals surface area contributed by atoms with Gasteiger partial charge in [0.1, 0.15) is 0 Å². The second-order valence-electron chi connectivity index (χ2n) is 4.48. The molecule has 0 saturated heterocycles. The summed E-state index contributed by atoms with van der Waals surface area (Å²) < 4.78 is 12.5. The number of ether oxygens (including phenoxy) is 2. The highest BCUT2D eigenvalue weighted by Gasteiger charge is 2.18. The molecule has 5 nitrogen and oxygen atoms in total. The quantitative estimate of drug-likeness (QED) is 0.877. The van der Waals surface area contributed by atoms with Crippen LogP contribution in [0.1, 0.15) is 24.2 Å². The molecule has 0 aliphatic carbocycles. The van der Waals surface area contributed by atoms with Crippen LogP contribution >= 0.6 is 0 Å². The number of rotatable bonds is 6. The van der Waals surface area contributed by atoms with Crippen LogP contribution in [0.15, 0.2) is 30.5 Å². The van der Waals surface area contributed by atoms with Crippen molar-refractivity contribution in [1.29, 1.82) is 0 Å². The first kappa shape index (κ1) is 14.4. The molecule has 1 unspecified atom stereocenters. The summed E-state index contributed by atoms with van der Waals surface area (Å²) in [5, 5.41) is 7.72. The predicted molar refractivity (Wildman–Crippen MR) is 78.3 cm³/mol. The van der Waals surface area contributed by atoms with Gasteiger partial charge in [0, 0.05) is 13.2 Å². The number of hydrogen-bond donors (Lipinski definition) is 1. The van der Waals surface area contributed by atoms with Gasteiger partial charge in [0.25, 0.3) is 0 Å². The molecule has 2 rings (SSSR count). The summed E-state index contributed by atoms with van der Waals surface area (Å²) in [5.74, 6) is 1.46. The summed E-state index contributed by atoms with van der Waals surface area (Å²) in [4.78, 5) is 0. The Bertz CT molecular complexity index is 566. The minimum Gasteiger partial charge on any atom is -0.493 e. The van der Waals surface area contributed by atoms with Gasteiger partial charge in [-0.3, -0.25) is 4.68 Å². The Balaban J connectivity index is 2.42. The molecule has 20 heavy (non-hydrogen) atoms. The highest BCUT2D eigenvalue weighted by molar-refractivity contribution is 5.45. The normalized spacial score (nSPS) is 12.2. The molecule has 1 N–H and O–H groups in total. The van der Waals surface area contributed by atoms with Gasteiger partial charge < -0.3 is 14.8 Å². The lowest BCUT2D eigenvalue weighted by Gasteiger charge is -2.20. The van der Waals surface area contributed by atoms with E-state index in [-0.39, 0.29) is 6.04 Å². The van der Waals surface area contributed by atoms with Crippen molar-refractivity contribution in [3.05, 3.63) is 41.7 Å². The van der Waals surface area contributed by atoms with Crippen molar-refractivity contribution in [2.75, 3.05) is 20.8 Å².